The van der Waals surface area contributed by atoms with Crippen LogP contribution >= 0.6 is 12.6 Å². The molecule has 0 spiro atoms. The number of hydrogen-bond donors (Lipinski definition) is 1. The highest BCUT2D eigenvalue weighted by molar-refractivity contribution is 7.96. The van der Waals surface area contributed by atoms with E-state index in [9.17, 15) is 9.59 Å². The Bertz CT molecular complexity index is 238. The van der Waals surface area contributed by atoms with Gasteiger partial charge in [0.2, 0.25) is 5.17 Å². The molecule has 0 aromatic rings. The Morgan fingerprint density at radius 1 is 1.55 bits per heavy atom. The number of carbonyl (C=O) groups is 2. The van der Waals surface area contributed by atoms with E-state index in [1.807, 2.05) is 0 Å². The van der Waals surface area contributed by atoms with Gasteiger partial charge in [-0.25, -0.2) is 5.01 Å². The summed E-state index contributed by atoms with van der Waals surface area (Å²) in [5.74, 6) is -1.52. The largest absolute Gasteiger partial charge is 0.339 e. The Labute approximate surface area is 68.8 Å². The third-order valence-electron chi connectivity index (χ3n) is 1.13. The first kappa shape index (κ1) is 8.06. The van der Waals surface area contributed by atoms with E-state index in [0.29, 0.717) is 6.54 Å². The molecule has 0 aromatic carbocycles. The quantitative estimate of drug-likeness (QED) is 0.415. The lowest BCUT2D eigenvalue weighted by Crippen LogP contribution is -2.46. The van der Waals surface area contributed by atoms with Crippen LogP contribution in [-0.4, -0.2) is 28.5 Å². The number of hydrogen-bond acceptors (Lipinski definition) is 2. The fourth-order valence-electron chi connectivity index (χ4n) is 0.639. The van der Waals surface area contributed by atoms with Crippen molar-refractivity contribution in [2.24, 2.45) is 4.99 Å². The molecule has 0 atom stereocenters. The molecule has 0 N–H and O–H groups in total. The molecule has 0 aromatic heterocycles. The predicted molar refractivity (Wildman–Crippen MR) is 40.9 cm³/mol. The van der Waals surface area contributed by atoms with Crippen LogP contribution in [0.5, 0.6) is 0 Å². The Kier molecular flexibility index (Phi) is 2.13. The SMILES string of the molecule is CCN1[N]C(S)=NC(=O)C1=O. The fraction of sp³-hybridized carbons (Fsp3) is 0.400. The van der Waals surface area contributed by atoms with Crippen LogP contribution in [0.3, 0.4) is 0 Å². The average Bonchev–Trinajstić information content (AvgIpc) is 1.96. The first-order chi connectivity index (χ1) is 5.15. The normalized spacial score (nSPS) is 18.0. The van der Waals surface area contributed by atoms with E-state index >= 15 is 0 Å². The molecule has 0 saturated carbocycles. The number of carbonyl (C=O) groups excluding carboxylic acids is 2. The van der Waals surface area contributed by atoms with Gasteiger partial charge in [0.1, 0.15) is 0 Å². The van der Waals surface area contributed by atoms with Crippen LogP contribution in [0.25, 0.3) is 0 Å². The standard InChI is InChI=1S/C5H6N3O2S/c1-2-8-4(10)3(9)6-5(11)7-8/h2H2,1H3,(H,6,9,11). The van der Waals surface area contributed by atoms with Gasteiger partial charge in [0.05, 0.1) is 0 Å². The van der Waals surface area contributed by atoms with Crippen LogP contribution in [0.1, 0.15) is 6.92 Å². The van der Waals surface area contributed by atoms with Gasteiger partial charge in [-0.3, -0.25) is 9.59 Å². The van der Waals surface area contributed by atoms with Gasteiger partial charge in [0, 0.05) is 6.54 Å². The van der Waals surface area contributed by atoms with Gasteiger partial charge in [0.15, 0.2) is 0 Å². The van der Waals surface area contributed by atoms with Crippen molar-refractivity contribution in [3.63, 3.8) is 0 Å². The minimum absolute atomic E-state index is 0.0245. The Morgan fingerprint density at radius 2 is 2.18 bits per heavy atom. The zero-order valence-corrected chi connectivity index (χ0v) is 6.71. The molecular formula is C5H6N3O2S. The minimum atomic E-state index is -0.813. The summed E-state index contributed by atoms with van der Waals surface area (Å²) in [6.45, 7) is 2.06. The van der Waals surface area contributed by atoms with E-state index in [1.165, 1.54) is 0 Å². The maximum Gasteiger partial charge on any atom is 0.339 e. The van der Waals surface area contributed by atoms with Crippen LogP contribution in [0, 0.1) is 0 Å². The molecule has 1 rings (SSSR count). The van der Waals surface area contributed by atoms with Crippen LogP contribution in [0.15, 0.2) is 4.99 Å². The van der Waals surface area contributed by atoms with E-state index in [1.54, 1.807) is 6.92 Å². The number of thiol groups is 1. The van der Waals surface area contributed by atoms with Gasteiger partial charge in [-0.05, 0) is 6.92 Å². The van der Waals surface area contributed by atoms with E-state index in [0.717, 1.165) is 5.01 Å². The van der Waals surface area contributed by atoms with Crippen LogP contribution in [0.4, 0.5) is 0 Å². The molecule has 0 aliphatic carbocycles. The molecule has 1 aliphatic heterocycles. The van der Waals surface area contributed by atoms with Crippen LogP contribution < -0.4 is 5.43 Å². The summed E-state index contributed by atoms with van der Waals surface area (Å²) in [5, 5.41) is 1.05. The summed E-state index contributed by atoms with van der Waals surface area (Å²) in [5.41, 5.74) is 3.61. The first-order valence-corrected chi connectivity index (χ1v) is 3.45. The molecule has 2 amide bonds. The van der Waals surface area contributed by atoms with Crippen molar-refractivity contribution < 1.29 is 9.59 Å². The van der Waals surface area contributed by atoms with Crippen molar-refractivity contribution in [2.45, 2.75) is 6.92 Å². The second kappa shape index (κ2) is 2.91. The van der Waals surface area contributed by atoms with E-state index in [-0.39, 0.29) is 5.17 Å². The highest BCUT2D eigenvalue weighted by Crippen LogP contribution is 1.99. The molecule has 0 unspecified atom stereocenters. The van der Waals surface area contributed by atoms with Crippen molar-refractivity contribution in [2.75, 3.05) is 6.54 Å². The van der Waals surface area contributed by atoms with Gasteiger partial charge in [-0.1, -0.05) is 0 Å². The first-order valence-electron chi connectivity index (χ1n) is 3.00. The van der Waals surface area contributed by atoms with Crippen molar-refractivity contribution in [3.05, 3.63) is 0 Å². The number of amidine groups is 1. The summed E-state index contributed by atoms with van der Waals surface area (Å²) >= 11 is 3.74. The molecule has 11 heavy (non-hydrogen) atoms. The Morgan fingerprint density at radius 3 is 2.73 bits per heavy atom. The number of aliphatic imine (C=N–C) groups is 1. The summed E-state index contributed by atoms with van der Waals surface area (Å²) in [6, 6.07) is 0. The molecule has 1 aliphatic rings. The number of rotatable bonds is 1. The van der Waals surface area contributed by atoms with Crippen LogP contribution in [-0.2, 0) is 9.59 Å². The van der Waals surface area contributed by atoms with Gasteiger partial charge in [-0.2, -0.15) is 4.99 Å². The highest BCUT2D eigenvalue weighted by Gasteiger charge is 2.26. The van der Waals surface area contributed by atoms with Gasteiger partial charge >= 0.3 is 11.8 Å². The zero-order chi connectivity index (χ0) is 8.43. The third kappa shape index (κ3) is 1.51. The number of likely N-dealkylation sites (N-methyl/N-ethyl adjacent to an activating group) is 1. The Balaban J connectivity index is 2.84. The predicted octanol–water partition coefficient (Wildman–Crippen LogP) is -0.820. The van der Waals surface area contributed by atoms with Gasteiger partial charge in [-0.15, -0.1) is 18.1 Å². The number of nitrogens with zero attached hydrogens (tertiary/aromatic N) is 3. The third-order valence-corrected chi connectivity index (χ3v) is 1.32. The molecular weight excluding hydrogens is 166 g/mol. The summed E-state index contributed by atoms with van der Waals surface area (Å²) < 4.78 is 0. The maximum absolute atomic E-state index is 10.8. The molecule has 1 heterocycles. The monoisotopic (exact) mass is 172 g/mol. The molecule has 0 fully saturated rings. The van der Waals surface area contributed by atoms with Crippen molar-refractivity contribution in [3.8, 4) is 0 Å². The average molecular weight is 172 g/mol. The molecule has 6 heteroatoms. The van der Waals surface area contributed by atoms with E-state index in [4.69, 9.17) is 0 Å². The lowest BCUT2D eigenvalue weighted by molar-refractivity contribution is -0.146. The van der Waals surface area contributed by atoms with Gasteiger partial charge in [0.25, 0.3) is 0 Å². The zero-order valence-electron chi connectivity index (χ0n) is 5.81. The molecule has 0 bridgehead atoms. The topological polar surface area (TPSA) is 63.8 Å². The summed E-state index contributed by atoms with van der Waals surface area (Å²) in [6.07, 6.45) is 0. The molecule has 5 nitrogen and oxygen atoms in total. The maximum atomic E-state index is 10.8. The van der Waals surface area contributed by atoms with Crippen LogP contribution in [0.2, 0.25) is 0 Å². The fourth-order valence-corrected chi connectivity index (χ4v) is 0.838. The highest BCUT2D eigenvalue weighted by atomic mass is 32.1. The smallest absolute Gasteiger partial charge is 0.261 e. The van der Waals surface area contributed by atoms with Crippen molar-refractivity contribution >= 4 is 29.6 Å². The minimum Gasteiger partial charge on any atom is -0.261 e. The summed E-state index contributed by atoms with van der Waals surface area (Å²) in [7, 11) is 0. The second-order valence-corrected chi connectivity index (χ2v) is 2.24. The molecule has 0 saturated heterocycles. The molecule has 59 valence electrons. The Hall–Kier alpha value is -1.04. The lowest BCUT2D eigenvalue weighted by Gasteiger charge is -2.19. The van der Waals surface area contributed by atoms with Crippen molar-refractivity contribution in [1.82, 2.24) is 10.4 Å². The van der Waals surface area contributed by atoms with E-state index < -0.39 is 11.8 Å². The number of amides is 2. The summed E-state index contributed by atoms with van der Waals surface area (Å²) in [4.78, 5) is 24.8. The lowest BCUT2D eigenvalue weighted by atomic mass is 10.5. The second-order valence-electron chi connectivity index (χ2n) is 1.84. The van der Waals surface area contributed by atoms with Crippen molar-refractivity contribution in [1.29, 1.82) is 0 Å². The van der Waals surface area contributed by atoms with E-state index in [2.05, 4.69) is 23.0 Å². The van der Waals surface area contributed by atoms with Gasteiger partial charge < -0.3 is 0 Å². The molecule has 1 radical (unpaired) electrons.